The number of ether oxygens (including phenoxy) is 1. The third-order valence-corrected chi connectivity index (χ3v) is 6.38. The molecule has 4 aromatic rings. The second kappa shape index (κ2) is 7.83. The van der Waals surface area contributed by atoms with Crippen LogP contribution in [0.25, 0.3) is 28.1 Å². The maximum absolute atomic E-state index is 5.60. The fourth-order valence-corrected chi connectivity index (χ4v) is 4.49. The molecule has 0 aliphatic carbocycles. The van der Waals surface area contributed by atoms with Crippen LogP contribution in [0.3, 0.4) is 0 Å². The quantitative estimate of drug-likeness (QED) is 0.479. The molecule has 2 fully saturated rings. The molecule has 0 atom stereocenters. The molecule has 5 heterocycles. The molecule has 0 saturated carbocycles. The van der Waals surface area contributed by atoms with E-state index in [0.717, 1.165) is 78.8 Å². The topological polar surface area (TPSA) is 77.1 Å². The number of morpholine rings is 1. The standard InChI is InChI=1S/C23H27N8O/c1-3-18-24-16-7-4-5-8-17(16)31(18)23-26-21-20(22(27-23)30-11-13-32-14-12-30)25-19(28(21)2)15-29-9-6-10-29/h4-8H,3,9-15H2,1-2H3. The number of imidazole rings is 2. The Hall–Kier alpha value is -3.04. The van der Waals surface area contributed by atoms with Crippen molar-refractivity contribution < 1.29 is 4.74 Å². The number of likely N-dealkylation sites (tertiary alicyclic amines) is 1. The van der Waals surface area contributed by atoms with Gasteiger partial charge >= 0.3 is 0 Å². The molecular weight excluding hydrogens is 404 g/mol. The molecule has 2 aliphatic rings. The van der Waals surface area contributed by atoms with E-state index in [1.54, 1.807) is 0 Å². The lowest BCUT2D eigenvalue weighted by atomic mass is 10.2. The van der Waals surface area contributed by atoms with Gasteiger partial charge in [-0.25, -0.2) is 9.97 Å². The van der Waals surface area contributed by atoms with E-state index >= 15 is 0 Å². The highest BCUT2D eigenvalue weighted by Crippen LogP contribution is 2.29. The van der Waals surface area contributed by atoms with Crippen LogP contribution in [0.5, 0.6) is 0 Å². The number of rotatable bonds is 5. The van der Waals surface area contributed by atoms with Gasteiger partial charge in [0, 0.05) is 39.6 Å². The molecule has 2 saturated heterocycles. The lowest BCUT2D eigenvalue weighted by Crippen LogP contribution is -2.37. The minimum atomic E-state index is 0.649. The molecule has 32 heavy (non-hydrogen) atoms. The summed E-state index contributed by atoms with van der Waals surface area (Å²) in [7, 11) is 2.06. The molecule has 0 spiro atoms. The number of hydrogen-bond donors (Lipinski definition) is 0. The summed E-state index contributed by atoms with van der Waals surface area (Å²) in [6.07, 6.45) is 3.07. The Morgan fingerprint density at radius 2 is 1.78 bits per heavy atom. The van der Waals surface area contributed by atoms with Crippen LogP contribution in [0.1, 0.15) is 18.6 Å². The first-order valence-electron chi connectivity index (χ1n) is 11.3. The SMILES string of the molecule is CCc1nc2ccccc2n1-c1nc(N2CCOCC2)c2nc(CN3C[CH]C3)n(C)c2n1. The fourth-order valence-electron chi connectivity index (χ4n) is 4.49. The first-order valence-corrected chi connectivity index (χ1v) is 11.3. The number of aryl methyl sites for hydroxylation is 2. The summed E-state index contributed by atoms with van der Waals surface area (Å²) in [5.74, 6) is 3.50. The largest absolute Gasteiger partial charge is 0.378 e. The van der Waals surface area contributed by atoms with Gasteiger partial charge in [-0.1, -0.05) is 19.1 Å². The number of aromatic nitrogens is 6. The van der Waals surface area contributed by atoms with Crippen molar-refractivity contribution in [1.82, 2.24) is 34.0 Å². The summed E-state index contributed by atoms with van der Waals surface area (Å²) in [4.78, 5) is 24.6. The Morgan fingerprint density at radius 3 is 2.53 bits per heavy atom. The van der Waals surface area contributed by atoms with Crippen LogP contribution in [0, 0.1) is 6.42 Å². The van der Waals surface area contributed by atoms with Crippen molar-refractivity contribution in [3.63, 3.8) is 0 Å². The summed E-state index contributed by atoms with van der Waals surface area (Å²) < 4.78 is 9.81. The molecule has 6 rings (SSSR count). The highest BCUT2D eigenvalue weighted by molar-refractivity contribution is 5.86. The summed E-state index contributed by atoms with van der Waals surface area (Å²) in [6.45, 7) is 7.93. The van der Waals surface area contributed by atoms with Gasteiger partial charge in [0.2, 0.25) is 5.95 Å². The van der Waals surface area contributed by atoms with E-state index in [-0.39, 0.29) is 0 Å². The minimum absolute atomic E-state index is 0.649. The van der Waals surface area contributed by atoms with Crippen LogP contribution in [-0.2, 0) is 24.8 Å². The van der Waals surface area contributed by atoms with Gasteiger partial charge in [-0.15, -0.1) is 0 Å². The highest BCUT2D eigenvalue weighted by Gasteiger charge is 2.25. The zero-order valence-electron chi connectivity index (χ0n) is 18.5. The number of anilines is 1. The van der Waals surface area contributed by atoms with E-state index in [1.165, 1.54) is 0 Å². The summed E-state index contributed by atoms with van der Waals surface area (Å²) in [5.41, 5.74) is 3.70. The van der Waals surface area contributed by atoms with Crippen LogP contribution in [-0.4, -0.2) is 73.4 Å². The monoisotopic (exact) mass is 431 g/mol. The average molecular weight is 432 g/mol. The Balaban J connectivity index is 1.57. The number of hydrogen-bond acceptors (Lipinski definition) is 7. The van der Waals surface area contributed by atoms with Gasteiger partial charge in [0.05, 0.1) is 30.8 Å². The van der Waals surface area contributed by atoms with Crippen LogP contribution in [0.15, 0.2) is 24.3 Å². The van der Waals surface area contributed by atoms with E-state index in [2.05, 4.69) is 45.4 Å². The number of fused-ring (bicyclic) bond motifs is 2. The van der Waals surface area contributed by atoms with Gasteiger partial charge in [0.15, 0.2) is 17.0 Å². The molecule has 0 N–H and O–H groups in total. The normalized spacial score (nSPS) is 17.4. The number of benzene rings is 1. The zero-order chi connectivity index (χ0) is 21.7. The third-order valence-electron chi connectivity index (χ3n) is 6.38. The molecule has 0 bridgehead atoms. The number of para-hydroxylation sites is 2. The summed E-state index contributed by atoms with van der Waals surface area (Å²) in [6, 6.07) is 8.17. The van der Waals surface area contributed by atoms with Crippen LogP contribution >= 0.6 is 0 Å². The van der Waals surface area contributed by atoms with Crippen molar-refractivity contribution in [2.24, 2.45) is 7.05 Å². The second-order valence-electron chi connectivity index (χ2n) is 8.39. The smallest absolute Gasteiger partial charge is 0.239 e. The molecule has 9 nitrogen and oxygen atoms in total. The van der Waals surface area contributed by atoms with Gasteiger partial charge in [-0.2, -0.15) is 9.97 Å². The zero-order valence-corrected chi connectivity index (χ0v) is 18.5. The van der Waals surface area contributed by atoms with Gasteiger partial charge in [0.25, 0.3) is 0 Å². The van der Waals surface area contributed by atoms with Gasteiger partial charge in [0.1, 0.15) is 11.6 Å². The lowest BCUT2D eigenvalue weighted by Gasteiger charge is -2.29. The fraction of sp³-hybridized carbons (Fsp3) is 0.435. The van der Waals surface area contributed by atoms with E-state index < -0.39 is 0 Å². The van der Waals surface area contributed by atoms with E-state index in [0.29, 0.717) is 19.2 Å². The first-order chi connectivity index (χ1) is 15.7. The Morgan fingerprint density at radius 1 is 0.969 bits per heavy atom. The van der Waals surface area contributed by atoms with E-state index in [9.17, 15) is 0 Å². The van der Waals surface area contributed by atoms with Crippen molar-refractivity contribution >= 4 is 28.0 Å². The van der Waals surface area contributed by atoms with E-state index in [4.69, 9.17) is 24.7 Å². The lowest BCUT2D eigenvalue weighted by molar-refractivity contribution is 0.122. The molecule has 0 unspecified atom stereocenters. The highest BCUT2D eigenvalue weighted by atomic mass is 16.5. The van der Waals surface area contributed by atoms with Crippen LogP contribution in [0.2, 0.25) is 0 Å². The summed E-state index contributed by atoms with van der Waals surface area (Å²) >= 11 is 0. The molecule has 165 valence electrons. The van der Waals surface area contributed by atoms with Gasteiger partial charge in [-0.3, -0.25) is 9.47 Å². The van der Waals surface area contributed by atoms with Crippen molar-refractivity contribution in [3.8, 4) is 5.95 Å². The molecule has 1 aromatic carbocycles. The van der Waals surface area contributed by atoms with Crippen LogP contribution in [0.4, 0.5) is 5.82 Å². The van der Waals surface area contributed by atoms with Crippen molar-refractivity contribution in [3.05, 3.63) is 42.3 Å². The predicted molar refractivity (Wildman–Crippen MR) is 123 cm³/mol. The van der Waals surface area contributed by atoms with Crippen molar-refractivity contribution in [1.29, 1.82) is 0 Å². The van der Waals surface area contributed by atoms with E-state index in [1.807, 2.05) is 18.2 Å². The van der Waals surface area contributed by atoms with Crippen LogP contribution < -0.4 is 4.90 Å². The predicted octanol–water partition coefficient (Wildman–Crippen LogP) is 2.12. The molecular formula is C23H27N8O. The molecule has 9 heteroatoms. The van der Waals surface area contributed by atoms with Gasteiger partial charge in [-0.05, 0) is 18.6 Å². The Kier molecular flexibility index (Phi) is 4.80. The molecule has 0 amide bonds. The molecule has 3 aromatic heterocycles. The third kappa shape index (κ3) is 3.15. The maximum atomic E-state index is 5.60. The number of nitrogens with zero attached hydrogens (tertiary/aromatic N) is 8. The van der Waals surface area contributed by atoms with Crippen molar-refractivity contribution in [2.45, 2.75) is 19.9 Å². The second-order valence-corrected chi connectivity index (χ2v) is 8.39. The minimum Gasteiger partial charge on any atom is -0.378 e. The molecule has 1 radical (unpaired) electrons. The maximum Gasteiger partial charge on any atom is 0.239 e. The molecule has 2 aliphatic heterocycles. The Labute approximate surface area is 186 Å². The van der Waals surface area contributed by atoms with Gasteiger partial charge < -0.3 is 14.2 Å². The average Bonchev–Trinajstić information content (AvgIpc) is 3.34. The summed E-state index contributed by atoms with van der Waals surface area (Å²) in [5, 5.41) is 0. The Bertz CT molecular complexity index is 1280. The first kappa shape index (κ1) is 19.6. The van der Waals surface area contributed by atoms with Crippen molar-refractivity contribution in [2.75, 3.05) is 44.3 Å².